The molecule has 0 aliphatic carbocycles. The van der Waals surface area contributed by atoms with Gasteiger partial charge in [-0.25, -0.2) is 13.8 Å². The molecule has 1 heterocycles. The zero-order chi connectivity index (χ0) is 15.1. The first-order chi connectivity index (χ1) is 10.0. The minimum atomic E-state index is -0.411. The minimum absolute atomic E-state index is 0.122. The Morgan fingerprint density at radius 1 is 1.10 bits per heavy atom. The lowest BCUT2D eigenvalue weighted by molar-refractivity contribution is 0.622. The SMILES string of the molecule is Fc1ccc(Br)c(-n2c(CCl)nc3cc(F)c(Br)cc32)c1. The summed E-state index contributed by atoms with van der Waals surface area (Å²) in [6, 6.07) is 7.25. The quantitative estimate of drug-likeness (QED) is 0.481. The van der Waals surface area contributed by atoms with E-state index in [9.17, 15) is 8.78 Å². The van der Waals surface area contributed by atoms with Crippen molar-refractivity contribution in [3.8, 4) is 5.69 Å². The van der Waals surface area contributed by atoms with Gasteiger partial charge in [0, 0.05) is 10.5 Å². The van der Waals surface area contributed by atoms with Crippen LogP contribution in [0.1, 0.15) is 5.82 Å². The second-order valence-electron chi connectivity index (χ2n) is 4.35. The van der Waals surface area contributed by atoms with Crippen molar-refractivity contribution in [2.45, 2.75) is 5.88 Å². The lowest BCUT2D eigenvalue weighted by atomic mass is 10.2. The Hall–Kier alpha value is -0.980. The maximum absolute atomic E-state index is 13.6. The maximum Gasteiger partial charge on any atom is 0.139 e. The van der Waals surface area contributed by atoms with Crippen LogP contribution in [-0.2, 0) is 5.88 Å². The molecule has 0 atom stereocenters. The minimum Gasteiger partial charge on any atom is -0.294 e. The number of hydrogen-bond acceptors (Lipinski definition) is 1. The molecule has 1 aromatic heterocycles. The van der Waals surface area contributed by atoms with Crippen LogP contribution in [0.2, 0.25) is 0 Å². The van der Waals surface area contributed by atoms with E-state index in [4.69, 9.17) is 11.6 Å². The van der Waals surface area contributed by atoms with E-state index in [2.05, 4.69) is 36.8 Å². The molecule has 0 aliphatic rings. The first-order valence-electron chi connectivity index (χ1n) is 5.89. The highest BCUT2D eigenvalue weighted by Gasteiger charge is 2.16. The molecule has 2 aromatic carbocycles. The van der Waals surface area contributed by atoms with E-state index >= 15 is 0 Å². The molecular formula is C14H7Br2ClF2N2. The number of hydrogen-bond donors (Lipinski definition) is 0. The van der Waals surface area contributed by atoms with E-state index in [1.807, 2.05) is 0 Å². The third-order valence-electron chi connectivity index (χ3n) is 3.03. The van der Waals surface area contributed by atoms with Crippen LogP contribution in [0.3, 0.4) is 0 Å². The van der Waals surface area contributed by atoms with E-state index in [0.29, 0.717) is 31.5 Å². The number of benzene rings is 2. The molecule has 0 spiro atoms. The Labute approximate surface area is 141 Å². The Morgan fingerprint density at radius 2 is 1.86 bits per heavy atom. The van der Waals surface area contributed by atoms with Gasteiger partial charge in [0.15, 0.2) is 0 Å². The Kier molecular flexibility index (Phi) is 4.03. The fraction of sp³-hybridized carbons (Fsp3) is 0.0714. The summed E-state index contributed by atoms with van der Waals surface area (Å²) in [4.78, 5) is 4.31. The Bertz CT molecular complexity index is 849. The molecule has 3 aromatic rings. The summed E-state index contributed by atoms with van der Waals surface area (Å²) in [5, 5.41) is 0. The Balaban J connectivity index is 2.40. The van der Waals surface area contributed by atoms with E-state index in [1.165, 1.54) is 18.2 Å². The van der Waals surface area contributed by atoms with Crippen molar-refractivity contribution >= 4 is 54.5 Å². The van der Waals surface area contributed by atoms with Crippen molar-refractivity contribution in [3.63, 3.8) is 0 Å². The molecule has 2 nitrogen and oxygen atoms in total. The maximum atomic E-state index is 13.6. The fourth-order valence-electron chi connectivity index (χ4n) is 2.14. The number of alkyl halides is 1. The number of aromatic nitrogens is 2. The molecule has 0 amide bonds. The Morgan fingerprint density at radius 3 is 2.57 bits per heavy atom. The van der Waals surface area contributed by atoms with Crippen molar-refractivity contribution in [1.29, 1.82) is 0 Å². The van der Waals surface area contributed by atoms with Crippen LogP contribution in [0.25, 0.3) is 16.7 Å². The second-order valence-corrected chi connectivity index (χ2v) is 6.32. The van der Waals surface area contributed by atoms with Gasteiger partial charge in [-0.05, 0) is 56.1 Å². The smallest absolute Gasteiger partial charge is 0.139 e. The summed E-state index contributed by atoms with van der Waals surface area (Å²) < 4.78 is 29.9. The van der Waals surface area contributed by atoms with Gasteiger partial charge in [0.2, 0.25) is 0 Å². The molecule has 3 rings (SSSR count). The molecule has 108 valence electrons. The molecule has 21 heavy (non-hydrogen) atoms. The largest absolute Gasteiger partial charge is 0.294 e. The van der Waals surface area contributed by atoms with Crippen LogP contribution in [0, 0.1) is 11.6 Å². The van der Waals surface area contributed by atoms with Gasteiger partial charge in [0.1, 0.15) is 17.5 Å². The summed E-state index contributed by atoms with van der Waals surface area (Å²) in [5.41, 5.74) is 1.67. The van der Waals surface area contributed by atoms with Crippen molar-refractivity contribution in [3.05, 3.63) is 56.7 Å². The molecule has 0 bridgehead atoms. The zero-order valence-corrected chi connectivity index (χ0v) is 14.3. The topological polar surface area (TPSA) is 17.8 Å². The van der Waals surface area contributed by atoms with Gasteiger partial charge in [0.05, 0.1) is 27.1 Å². The summed E-state index contributed by atoms with van der Waals surface area (Å²) in [6.45, 7) is 0. The number of nitrogens with zero attached hydrogens (tertiary/aromatic N) is 2. The third-order valence-corrected chi connectivity index (χ3v) is 4.55. The number of halogens is 5. The number of fused-ring (bicyclic) bond motifs is 1. The normalized spacial score (nSPS) is 11.3. The van der Waals surface area contributed by atoms with E-state index in [-0.39, 0.29) is 11.7 Å². The molecule has 0 radical (unpaired) electrons. The first kappa shape index (κ1) is 14.9. The summed E-state index contributed by atoms with van der Waals surface area (Å²) >= 11 is 12.5. The van der Waals surface area contributed by atoms with Crippen LogP contribution in [0.4, 0.5) is 8.78 Å². The predicted molar refractivity (Wildman–Crippen MR) is 85.9 cm³/mol. The van der Waals surface area contributed by atoms with Gasteiger partial charge < -0.3 is 0 Å². The highest BCUT2D eigenvalue weighted by Crippen LogP contribution is 2.31. The molecule has 0 aliphatic heterocycles. The van der Waals surface area contributed by atoms with Gasteiger partial charge in [-0.2, -0.15) is 0 Å². The van der Waals surface area contributed by atoms with Crippen molar-refractivity contribution in [2.24, 2.45) is 0 Å². The summed E-state index contributed by atoms with van der Waals surface area (Å²) in [5.74, 6) is -0.157. The van der Waals surface area contributed by atoms with E-state index < -0.39 is 5.82 Å². The third kappa shape index (κ3) is 2.60. The fourth-order valence-corrected chi connectivity index (χ4v) is 3.07. The molecule has 0 saturated heterocycles. The average molecular weight is 436 g/mol. The van der Waals surface area contributed by atoms with Gasteiger partial charge in [0.25, 0.3) is 0 Å². The number of rotatable bonds is 2. The average Bonchev–Trinajstić information content (AvgIpc) is 2.79. The highest BCUT2D eigenvalue weighted by molar-refractivity contribution is 9.10. The van der Waals surface area contributed by atoms with Crippen molar-refractivity contribution < 1.29 is 8.78 Å². The molecule has 0 fully saturated rings. The van der Waals surface area contributed by atoms with Crippen LogP contribution >= 0.6 is 43.5 Å². The van der Waals surface area contributed by atoms with Crippen LogP contribution in [0.5, 0.6) is 0 Å². The van der Waals surface area contributed by atoms with E-state index in [1.54, 1.807) is 16.7 Å². The highest BCUT2D eigenvalue weighted by atomic mass is 79.9. The van der Waals surface area contributed by atoms with Crippen LogP contribution in [-0.4, -0.2) is 9.55 Å². The van der Waals surface area contributed by atoms with Gasteiger partial charge in [-0.15, -0.1) is 11.6 Å². The van der Waals surface area contributed by atoms with Crippen molar-refractivity contribution in [2.75, 3.05) is 0 Å². The standard InChI is InChI=1S/C14H7Br2ClF2N2/c15-8-2-1-7(18)3-12(8)21-13-4-9(16)10(19)5-11(13)20-14(21)6-17/h1-5H,6H2. The molecule has 7 heteroatoms. The summed E-state index contributed by atoms with van der Waals surface area (Å²) in [7, 11) is 0. The monoisotopic (exact) mass is 434 g/mol. The molecular weight excluding hydrogens is 429 g/mol. The lowest BCUT2D eigenvalue weighted by Gasteiger charge is -2.10. The van der Waals surface area contributed by atoms with Crippen molar-refractivity contribution in [1.82, 2.24) is 9.55 Å². The van der Waals surface area contributed by atoms with Gasteiger partial charge in [-0.3, -0.25) is 4.57 Å². The van der Waals surface area contributed by atoms with Crippen LogP contribution < -0.4 is 0 Å². The lowest BCUT2D eigenvalue weighted by Crippen LogP contribution is -2.01. The predicted octanol–water partition coefficient (Wildman–Crippen LogP) is 5.57. The van der Waals surface area contributed by atoms with Gasteiger partial charge in [-0.1, -0.05) is 0 Å². The molecule has 0 saturated carbocycles. The molecule has 0 unspecified atom stereocenters. The zero-order valence-electron chi connectivity index (χ0n) is 10.4. The number of imidazole rings is 1. The van der Waals surface area contributed by atoms with E-state index in [0.717, 1.165) is 0 Å². The summed E-state index contributed by atoms with van der Waals surface area (Å²) in [6.07, 6.45) is 0. The first-order valence-corrected chi connectivity index (χ1v) is 8.01. The second kappa shape index (κ2) is 5.66. The van der Waals surface area contributed by atoms with Gasteiger partial charge >= 0.3 is 0 Å². The van der Waals surface area contributed by atoms with Crippen LogP contribution in [0.15, 0.2) is 39.3 Å². The molecule has 0 N–H and O–H groups in total.